The highest BCUT2D eigenvalue weighted by molar-refractivity contribution is 5.85. The van der Waals surface area contributed by atoms with E-state index in [1.165, 1.54) is 29.2 Å². The molecule has 2 aromatic rings. The summed E-state index contributed by atoms with van der Waals surface area (Å²) in [7, 11) is 0. The molecule has 1 saturated carbocycles. The lowest BCUT2D eigenvalue weighted by Crippen LogP contribution is -2.42. The van der Waals surface area contributed by atoms with Crippen LogP contribution in [0, 0.1) is 11.3 Å². The van der Waals surface area contributed by atoms with Gasteiger partial charge in [0.1, 0.15) is 0 Å². The molecule has 1 aliphatic rings. The van der Waals surface area contributed by atoms with Crippen LogP contribution in [-0.2, 0) is 5.54 Å². The fraction of sp³-hybridized carbons (Fsp3) is 0.526. The third-order valence-corrected chi connectivity index (χ3v) is 5.32. The van der Waals surface area contributed by atoms with Crippen LogP contribution in [0.3, 0.4) is 0 Å². The summed E-state index contributed by atoms with van der Waals surface area (Å²) in [4.78, 5) is 4.30. The van der Waals surface area contributed by atoms with Crippen molar-refractivity contribution in [2.24, 2.45) is 17.1 Å². The van der Waals surface area contributed by atoms with E-state index in [1.54, 1.807) is 0 Å². The summed E-state index contributed by atoms with van der Waals surface area (Å²) in [6.07, 6.45) is 8.40. The molecule has 0 spiro atoms. The fourth-order valence-electron chi connectivity index (χ4n) is 3.82. The van der Waals surface area contributed by atoms with Crippen LogP contribution in [0.5, 0.6) is 0 Å². The number of pyridine rings is 1. The lowest BCUT2D eigenvalue weighted by atomic mass is 9.65. The predicted octanol–water partition coefficient (Wildman–Crippen LogP) is 4.63. The van der Waals surface area contributed by atoms with E-state index in [0.29, 0.717) is 5.41 Å². The van der Waals surface area contributed by atoms with Gasteiger partial charge in [0.25, 0.3) is 0 Å². The van der Waals surface area contributed by atoms with Crippen molar-refractivity contribution in [1.29, 1.82) is 0 Å². The quantitative estimate of drug-likeness (QED) is 0.828. The average molecular weight is 282 g/mol. The Hall–Kier alpha value is -1.41. The zero-order chi connectivity index (χ0) is 15.1. The van der Waals surface area contributed by atoms with Crippen molar-refractivity contribution in [1.82, 2.24) is 4.98 Å². The van der Waals surface area contributed by atoms with Crippen LogP contribution in [0.1, 0.15) is 52.0 Å². The summed E-state index contributed by atoms with van der Waals surface area (Å²) in [5.74, 6) is 0.780. The van der Waals surface area contributed by atoms with E-state index in [-0.39, 0.29) is 5.54 Å². The highest BCUT2D eigenvalue weighted by Gasteiger charge is 2.37. The number of aromatic nitrogens is 1. The molecule has 1 aromatic carbocycles. The lowest BCUT2D eigenvalue weighted by Gasteiger charge is -2.42. The maximum Gasteiger partial charge on any atom is 0.0416 e. The number of nitrogens with zero attached hydrogens (tertiary/aromatic N) is 1. The molecule has 1 aromatic heterocycles. The van der Waals surface area contributed by atoms with Gasteiger partial charge in [-0.05, 0) is 54.0 Å². The van der Waals surface area contributed by atoms with Gasteiger partial charge in [0.15, 0.2) is 0 Å². The molecule has 1 heterocycles. The van der Waals surface area contributed by atoms with Crippen LogP contribution in [0.2, 0.25) is 0 Å². The lowest BCUT2D eigenvalue weighted by molar-refractivity contribution is 0.134. The largest absolute Gasteiger partial charge is 0.321 e. The second-order valence-electron chi connectivity index (χ2n) is 7.70. The molecule has 2 heteroatoms. The Morgan fingerprint density at radius 2 is 1.86 bits per heavy atom. The molecule has 0 aliphatic heterocycles. The number of hydrogen-bond acceptors (Lipinski definition) is 2. The molecule has 0 unspecified atom stereocenters. The second-order valence-corrected chi connectivity index (χ2v) is 7.70. The van der Waals surface area contributed by atoms with Gasteiger partial charge >= 0.3 is 0 Å². The third-order valence-electron chi connectivity index (χ3n) is 5.32. The van der Waals surface area contributed by atoms with Crippen molar-refractivity contribution >= 4 is 10.8 Å². The average Bonchev–Trinajstić information content (AvgIpc) is 2.46. The molecule has 112 valence electrons. The van der Waals surface area contributed by atoms with Gasteiger partial charge in [-0.3, -0.25) is 4.98 Å². The molecule has 2 N–H and O–H groups in total. The summed E-state index contributed by atoms with van der Waals surface area (Å²) in [5, 5.41) is 2.46. The van der Waals surface area contributed by atoms with Gasteiger partial charge in [-0.25, -0.2) is 0 Å². The monoisotopic (exact) mass is 282 g/mol. The molecule has 3 rings (SSSR count). The standard InChI is InChI=1S/C19H26N2/c1-18(2,3)15-7-10-19(20,11-8-15)17-6-4-5-14-9-12-21-13-16(14)17/h4-6,9,12-13,15H,7-8,10-11,20H2,1-3H3. The molecular formula is C19H26N2. The minimum absolute atomic E-state index is 0.190. The van der Waals surface area contributed by atoms with Gasteiger partial charge < -0.3 is 5.73 Å². The first-order chi connectivity index (χ1) is 9.90. The Kier molecular flexibility index (Phi) is 3.53. The summed E-state index contributed by atoms with van der Waals surface area (Å²) >= 11 is 0. The molecule has 1 fully saturated rings. The normalized spacial score (nSPS) is 27.0. The SMILES string of the molecule is CC(C)(C)C1CCC(N)(c2cccc3ccncc23)CC1. The van der Waals surface area contributed by atoms with E-state index in [0.717, 1.165) is 18.8 Å². The van der Waals surface area contributed by atoms with Crippen LogP contribution < -0.4 is 5.73 Å². The van der Waals surface area contributed by atoms with E-state index in [1.807, 2.05) is 12.4 Å². The van der Waals surface area contributed by atoms with Crippen molar-refractivity contribution in [3.63, 3.8) is 0 Å². The molecule has 21 heavy (non-hydrogen) atoms. The van der Waals surface area contributed by atoms with Crippen molar-refractivity contribution in [3.05, 3.63) is 42.2 Å². The Labute approximate surface area is 127 Å². The van der Waals surface area contributed by atoms with Gasteiger partial charge in [0, 0.05) is 23.3 Å². The van der Waals surface area contributed by atoms with E-state index >= 15 is 0 Å². The number of nitrogens with two attached hydrogens (primary N) is 1. The highest BCUT2D eigenvalue weighted by Crippen LogP contribution is 2.45. The molecule has 1 aliphatic carbocycles. The van der Waals surface area contributed by atoms with Crippen molar-refractivity contribution in [2.75, 3.05) is 0 Å². The smallest absolute Gasteiger partial charge is 0.0416 e. The summed E-state index contributed by atoms with van der Waals surface area (Å²) in [6.45, 7) is 7.05. The van der Waals surface area contributed by atoms with Gasteiger partial charge in [-0.15, -0.1) is 0 Å². The van der Waals surface area contributed by atoms with E-state index in [4.69, 9.17) is 5.73 Å². The van der Waals surface area contributed by atoms with Gasteiger partial charge in [0.05, 0.1) is 0 Å². The third kappa shape index (κ3) is 2.69. The zero-order valence-electron chi connectivity index (χ0n) is 13.4. The van der Waals surface area contributed by atoms with Crippen LogP contribution in [0.15, 0.2) is 36.7 Å². The number of hydrogen-bond donors (Lipinski definition) is 1. The molecule has 0 atom stereocenters. The number of fused-ring (bicyclic) bond motifs is 1. The highest BCUT2D eigenvalue weighted by atomic mass is 14.8. The van der Waals surface area contributed by atoms with Crippen molar-refractivity contribution in [3.8, 4) is 0 Å². The molecule has 2 nitrogen and oxygen atoms in total. The Morgan fingerprint density at radius 3 is 2.52 bits per heavy atom. The van der Waals surface area contributed by atoms with Gasteiger partial charge in [0.2, 0.25) is 0 Å². The zero-order valence-corrected chi connectivity index (χ0v) is 13.4. The fourth-order valence-corrected chi connectivity index (χ4v) is 3.82. The van der Waals surface area contributed by atoms with Crippen LogP contribution in [0.25, 0.3) is 10.8 Å². The first-order valence-corrected chi connectivity index (χ1v) is 8.02. The molecule has 0 bridgehead atoms. The minimum Gasteiger partial charge on any atom is -0.321 e. The maximum absolute atomic E-state index is 6.82. The van der Waals surface area contributed by atoms with E-state index in [9.17, 15) is 0 Å². The second kappa shape index (κ2) is 5.10. The first kappa shape index (κ1) is 14.5. The van der Waals surface area contributed by atoms with E-state index in [2.05, 4.69) is 50.0 Å². The summed E-state index contributed by atoms with van der Waals surface area (Å²) in [6, 6.07) is 8.54. The van der Waals surface area contributed by atoms with Gasteiger partial charge in [-0.1, -0.05) is 39.0 Å². The molecule has 0 radical (unpaired) electrons. The van der Waals surface area contributed by atoms with Crippen LogP contribution in [-0.4, -0.2) is 4.98 Å². The summed E-state index contributed by atoms with van der Waals surface area (Å²) < 4.78 is 0. The molecule has 0 saturated heterocycles. The van der Waals surface area contributed by atoms with Crippen LogP contribution in [0.4, 0.5) is 0 Å². The summed E-state index contributed by atoms with van der Waals surface area (Å²) in [5.41, 5.74) is 8.30. The van der Waals surface area contributed by atoms with Gasteiger partial charge in [-0.2, -0.15) is 0 Å². The number of benzene rings is 1. The Balaban J connectivity index is 1.93. The molecule has 0 amide bonds. The minimum atomic E-state index is -0.190. The van der Waals surface area contributed by atoms with Crippen molar-refractivity contribution in [2.45, 2.75) is 52.0 Å². The first-order valence-electron chi connectivity index (χ1n) is 8.02. The topological polar surface area (TPSA) is 38.9 Å². The van der Waals surface area contributed by atoms with Crippen LogP contribution >= 0.6 is 0 Å². The Bertz CT molecular complexity index is 626. The Morgan fingerprint density at radius 1 is 1.14 bits per heavy atom. The van der Waals surface area contributed by atoms with E-state index < -0.39 is 0 Å². The maximum atomic E-state index is 6.82. The van der Waals surface area contributed by atoms with Crippen molar-refractivity contribution < 1.29 is 0 Å². The number of rotatable bonds is 1. The predicted molar refractivity (Wildman–Crippen MR) is 89.0 cm³/mol. The molecular weight excluding hydrogens is 256 g/mol.